The van der Waals surface area contributed by atoms with Gasteiger partial charge in [-0.1, -0.05) is 42.8 Å². The number of aliphatic hydroxyl groups is 2. The highest BCUT2D eigenvalue weighted by molar-refractivity contribution is 5.54. The molecular weight excluding hydrogens is 340 g/mol. The Kier molecular flexibility index (Phi) is 4.68. The maximum absolute atomic E-state index is 11.0. The molecule has 27 heavy (non-hydrogen) atoms. The molecule has 2 aromatic carbocycles. The number of aryl methyl sites for hydroxylation is 1. The van der Waals surface area contributed by atoms with Crippen LogP contribution in [0.1, 0.15) is 48.4 Å². The first kappa shape index (κ1) is 18.9. The van der Waals surface area contributed by atoms with Crippen LogP contribution in [0.2, 0.25) is 0 Å². The number of hydrogen-bond acceptors (Lipinski definition) is 4. The van der Waals surface area contributed by atoms with Gasteiger partial charge in [-0.2, -0.15) is 0 Å². The summed E-state index contributed by atoms with van der Waals surface area (Å²) in [6.07, 6.45) is 2.13. The number of aromatic hydroxyl groups is 2. The van der Waals surface area contributed by atoms with Crippen LogP contribution in [-0.2, 0) is 0 Å². The molecule has 0 aromatic heterocycles. The van der Waals surface area contributed by atoms with E-state index in [9.17, 15) is 20.4 Å². The van der Waals surface area contributed by atoms with E-state index in [0.29, 0.717) is 23.1 Å². The van der Waals surface area contributed by atoms with Crippen LogP contribution in [0.15, 0.2) is 59.6 Å². The Morgan fingerprint density at radius 1 is 0.889 bits per heavy atom. The molecule has 0 bridgehead atoms. The third kappa shape index (κ3) is 3.05. The number of aliphatic hydroxyl groups excluding tert-OH is 2. The van der Waals surface area contributed by atoms with Crippen molar-refractivity contribution in [1.82, 2.24) is 0 Å². The minimum absolute atomic E-state index is 0.0195. The summed E-state index contributed by atoms with van der Waals surface area (Å²) in [5.74, 6) is -0.124. The minimum Gasteiger partial charge on any atom is -0.511 e. The first-order valence-corrected chi connectivity index (χ1v) is 9.04. The second kappa shape index (κ2) is 6.69. The van der Waals surface area contributed by atoms with Gasteiger partial charge in [0.05, 0.1) is 0 Å². The molecule has 2 atom stereocenters. The molecule has 3 rings (SSSR count). The Hall–Kier alpha value is -2.88. The zero-order valence-electron chi connectivity index (χ0n) is 16.1. The second-order valence-electron chi connectivity index (χ2n) is 7.68. The third-order valence-electron chi connectivity index (χ3n) is 5.79. The largest absolute Gasteiger partial charge is 0.511 e. The van der Waals surface area contributed by atoms with Crippen molar-refractivity contribution in [2.24, 2.45) is 5.41 Å². The van der Waals surface area contributed by atoms with Gasteiger partial charge in [-0.05, 0) is 44.9 Å². The molecule has 4 heteroatoms. The summed E-state index contributed by atoms with van der Waals surface area (Å²) < 4.78 is 0. The van der Waals surface area contributed by atoms with Crippen molar-refractivity contribution in [3.63, 3.8) is 0 Å². The zero-order chi connectivity index (χ0) is 19.9. The highest BCUT2D eigenvalue weighted by Gasteiger charge is 2.44. The molecule has 0 saturated carbocycles. The summed E-state index contributed by atoms with van der Waals surface area (Å²) >= 11 is 0. The number of phenolic OH excluding ortho intramolecular Hbond substituents is 2. The third-order valence-corrected chi connectivity index (χ3v) is 5.79. The second-order valence-corrected chi connectivity index (χ2v) is 7.68. The molecule has 0 saturated heterocycles. The molecule has 1 aliphatic rings. The van der Waals surface area contributed by atoms with E-state index in [4.69, 9.17) is 0 Å². The molecule has 0 radical (unpaired) electrons. The topological polar surface area (TPSA) is 80.9 Å². The summed E-state index contributed by atoms with van der Waals surface area (Å²) in [6.45, 7) is 7.29. The van der Waals surface area contributed by atoms with Crippen LogP contribution in [0.25, 0.3) is 0 Å². The van der Waals surface area contributed by atoms with E-state index >= 15 is 0 Å². The smallest absolute Gasteiger partial charge is 0.126 e. The van der Waals surface area contributed by atoms with Crippen LogP contribution in [0, 0.1) is 19.3 Å². The fourth-order valence-electron chi connectivity index (χ4n) is 3.96. The summed E-state index contributed by atoms with van der Waals surface area (Å²) in [4.78, 5) is 0. The Bertz CT molecular complexity index is 938. The SMILES string of the molecule is CC1=C(O)C(C)(C(c2ccc(C)cc2)c2ccc(O)c(C)c2O)CC=C1O. The maximum atomic E-state index is 11.0. The highest BCUT2D eigenvalue weighted by atomic mass is 16.3. The highest BCUT2D eigenvalue weighted by Crippen LogP contribution is 2.53. The van der Waals surface area contributed by atoms with Crippen molar-refractivity contribution in [2.75, 3.05) is 0 Å². The predicted molar refractivity (Wildman–Crippen MR) is 106 cm³/mol. The Morgan fingerprint density at radius 3 is 2.15 bits per heavy atom. The molecule has 142 valence electrons. The summed E-state index contributed by atoms with van der Waals surface area (Å²) in [7, 11) is 0. The fourth-order valence-corrected chi connectivity index (χ4v) is 3.96. The van der Waals surface area contributed by atoms with Crippen molar-refractivity contribution >= 4 is 0 Å². The van der Waals surface area contributed by atoms with Crippen LogP contribution in [0.3, 0.4) is 0 Å². The average molecular weight is 366 g/mol. The summed E-state index contributed by atoms with van der Waals surface area (Å²) in [5.41, 5.74) is 2.78. The number of benzene rings is 2. The lowest BCUT2D eigenvalue weighted by Gasteiger charge is -2.40. The lowest BCUT2D eigenvalue weighted by atomic mass is 9.64. The molecule has 0 heterocycles. The maximum Gasteiger partial charge on any atom is 0.126 e. The van der Waals surface area contributed by atoms with Gasteiger partial charge in [0.2, 0.25) is 0 Å². The van der Waals surface area contributed by atoms with Crippen molar-refractivity contribution in [3.8, 4) is 11.5 Å². The molecule has 0 spiro atoms. The van der Waals surface area contributed by atoms with Gasteiger partial charge in [-0.3, -0.25) is 0 Å². The molecule has 2 unspecified atom stereocenters. The van der Waals surface area contributed by atoms with Gasteiger partial charge < -0.3 is 20.4 Å². The molecule has 2 aromatic rings. The van der Waals surface area contributed by atoms with Crippen LogP contribution >= 0.6 is 0 Å². The summed E-state index contributed by atoms with van der Waals surface area (Å²) in [6, 6.07) is 11.3. The van der Waals surface area contributed by atoms with Crippen molar-refractivity contribution < 1.29 is 20.4 Å². The molecular formula is C23H26O4. The van der Waals surface area contributed by atoms with Crippen LogP contribution in [-0.4, -0.2) is 20.4 Å². The first-order chi connectivity index (χ1) is 12.7. The predicted octanol–water partition coefficient (Wildman–Crippen LogP) is 5.53. The van der Waals surface area contributed by atoms with Gasteiger partial charge in [0.1, 0.15) is 23.0 Å². The van der Waals surface area contributed by atoms with Gasteiger partial charge in [0, 0.05) is 28.0 Å². The molecule has 0 amide bonds. The standard InChI is InChI=1S/C23H26O4/c1-13-5-7-16(8-6-13)20(17-9-10-18(24)14(2)21(17)26)23(4)12-11-19(25)15(3)22(23)27/h5-11,20,24-27H,12H2,1-4H3. The van der Waals surface area contributed by atoms with Gasteiger partial charge in [0.15, 0.2) is 0 Å². The summed E-state index contributed by atoms with van der Waals surface area (Å²) in [5, 5.41) is 41.8. The lowest BCUT2D eigenvalue weighted by Crippen LogP contribution is -2.32. The van der Waals surface area contributed by atoms with E-state index < -0.39 is 5.41 Å². The molecule has 0 aliphatic heterocycles. The molecule has 0 fully saturated rings. The van der Waals surface area contributed by atoms with E-state index in [1.165, 1.54) is 0 Å². The van der Waals surface area contributed by atoms with Crippen LogP contribution in [0.4, 0.5) is 0 Å². The van der Waals surface area contributed by atoms with Gasteiger partial charge >= 0.3 is 0 Å². The van der Waals surface area contributed by atoms with Crippen molar-refractivity contribution in [1.29, 1.82) is 0 Å². The number of rotatable bonds is 3. The minimum atomic E-state index is -0.757. The van der Waals surface area contributed by atoms with E-state index in [2.05, 4.69) is 0 Å². The average Bonchev–Trinajstić information content (AvgIpc) is 2.65. The lowest BCUT2D eigenvalue weighted by molar-refractivity contribution is 0.197. The van der Waals surface area contributed by atoms with E-state index in [-0.39, 0.29) is 28.9 Å². The van der Waals surface area contributed by atoms with E-state index in [1.54, 1.807) is 32.1 Å². The van der Waals surface area contributed by atoms with Crippen molar-refractivity contribution in [3.05, 3.63) is 81.8 Å². The van der Waals surface area contributed by atoms with E-state index in [1.807, 2.05) is 38.1 Å². The van der Waals surface area contributed by atoms with Gasteiger partial charge in [0.25, 0.3) is 0 Å². The monoisotopic (exact) mass is 366 g/mol. The van der Waals surface area contributed by atoms with E-state index in [0.717, 1.165) is 11.1 Å². The van der Waals surface area contributed by atoms with Crippen LogP contribution < -0.4 is 0 Å². The molecule has 1 aliphatic carbocycles. The first-order valence-electron chi connectivity index (χ1n) is 9.04. The van der Waals surface area contributed by atoms with Crippen molar-refractivity contribution in [2.45, 2.75) is 40.0 Å². The van der Waals surface area contributed by atoms with Gasteiger partial charge in [-0.25, -0.2) is 0 Å². The number of allylic oxidation sites excluding steroid dienone is 3. The van der Waals surface area contributed by atoms with Gasteiger partial charge in [-0.15, -0.1) is 0 Å². The normalized spacial score (nSPS) is 21.1. The van der Waals surface area contributed by atoms with Crippen LogP contribution in [0.5, 0.6) is 11.5 Å². The number of hydrogen-bond donors (Lipinski definition) is 4. The fraction of sp³-hybridized carbons (Fsp3) is 0.304. The Labute approximate surface area is 159 Å². The molecule has 4 nitrogen and oxygen atoms in total. The number of phenols is 2. The Morgan fingerprint density at radius 2 is 1.52 bits per heavy atom. The Balaban J connectivity index is 2.27. The molecule has 4 N–H and O–H groups in total. The quantitative estimate of drug-likeness (QED) is 0.576. The zero-order valence-corrected chi connectivity index (χ0v) is 16.1.